The van der Waals surface area contributed by atoms with Crippen molar-refractivity contribution in [3.63, 3.8) is 0 Å². The van der Waals surface area contributed by atoms with Crippen molar-refractivity contribution in [3.8, 4) is 5.75 Å². The number of hydrogen-bond acceptors (Lipinski definition) is 4. The molecule has 0 unspecified atom stereocenters. The van der Waals surface area contributed by atoms with Gasteiger partial charge in [-0.25, -0.2) is 0 Å². The Morgan fingerprint density at radius 3 is 2.71 bits per heavy atom. The van der Waals surface area contributed by atoms with Gasteiger partial charge in [0.05, 0.1) is 30.8 Å². The molecule has 2 aromatic rings. The van der Waals surface area contributed by atoms with Crippen molar-refractivity contribution in [1.82, 2.24) is 4.98 Å². The molecule has 0 saturated carbocycles. The smallest absolute Gasteiger partial charge is 0.119 e. The van der Waals surface area contributed by atoms with E-state index in [0.29, 0.717) is 6.42 Å². The molecule has 1 aromatic carbocycles. The van der Waals surface area contributed by atoms with Crippen molar-refractivity contribution < 1.29 is 9.84 Å². The van der Waals surface area contributed by atoms with Crippen LogP contribution in [-0.4, -0.2) is 24.2 Å². The number of hydrogen-bond donors (Lipinski definition) is 1. The number of benzene rings is 1. The van der Waals surface area contributed by atoms with Crippen LogP contribution in [0.1, 0.15) is 30.7 Å². The minimum atomic E-state index is -0.484. The molecule has 1 heterocycles. The van der Waals surface area contributed by atoms with E-state index in [4.69, 9.17) is 4.74 Å². The summed E-state index contributed by atoms with van der Waals surface area (Å²) < 4.78 is 5.24. The maximum atomic E-state index is 9.76. The van der Waals surface area contributed by atoms with E-state index >= 15 is 0 Å². The Labute approximate surface area is 126 Å². The quantitative estimate of drug-likeness (QED) is 0.886. The van der Waals surface area contributed by atoms with Crippen LogP contribution in [0.15, 0.2) is 42.6 Å². The number of ether oxygens (including phenoxy) is 1. The van der Waals surface area contributed by atoms with Crippen LogP contribution in [-0.2, 0) is 6.54 Å². The number of nitrogens with zero attached hydrogens (tertiary/aromatic N) is 2. The topological polar surface area (TPSA) is 45.6 Å². The molecule has 1 atom stereocenters. The molecule has 0 aliphatic carbocycles. The molecular formula is C17H22N2O2. The lowest BCUT2D eigenvalue weighted by Gasteiger charge is -2.20. The molecule has 112 valence electrons. The van der Waals surface area contributed by atoms with E-state index in [1.165, 1.54) is 5.56 Å². The first-order valence-electron chi connectivity index (χ1n) is 7.12. The average molecular weight is 286 g/mol. The number of pyridine rings is 1. The summed E-state index contributed by atoms with van der Waals surface area (Å²) >= 11 is 0. The monoisotopic (exact) mass is 286 g/mol. The largest absolute Gasteiger partial charge is 0.497 e. The van der Waals surface area contributed by atoms with Crippen molar-refractivity contribution in [2.75, 3.05) is 19.1 Å². The number of aliphatic hydroxyl groups excluding tert-OH is 1. The molecule has 0 radical (unpaired) electrons. The third-order valence-corrected chi connectivity index (χ3v) is 3.49. The second-order valence-electron chi connectivity index (χ2n) is 5.07. The fourth-order valence-electron chi connectivity index (χ4n) is 2.17. The lowest BCUT2D eigenvalue weighted by atomic mass is 10.1. The third-order valence-electron chi connectivity index (χ3n) is 3.49. The van der Waals surface area contributed by atoms with Gasteiger partial charge in [-0.15, -0.1) is 0 Å². The molecule has 4 heteroatoms. The van der Waals surface area contributed by atoms with Gasteiger partial charge in [0, 0.05) is 13.6 Å². The lowest BCUT2D eigenvalue weighted by molar-refractivity contribution is 0.169. The van der Waals surface area contributed by atoms with Crippen LogP contribution in [0.4, 0.5) is 5.69 Å². The van der Waals surface area contributed by atoms with E-state index < -0.39 is 6.10 Å². The van der Waals surface area contributed by atoms with Gasteiger partial charge in [-0.1, -0.05) is 19.1 Å². The fourth-order valence-corrected chi connectivity index (χ4v) is 2.17. The SMILES string of the molecule is CC[C@H](O)c1ccc(N(C)Cc2cccc(OC)c2)cn1. The molecule has 0 amide bonds. The molecule has 1 aromatic heterocycles. The Hall–Kier alpha value is -2.07. The van der Waals surface area contributed by atoms with Crippen LogP contribution in [0, 0.1) is 0 Å². The zero-order valence-electron chi connectivity index (χ0n) is 12.8. The van der Waals surface area contributed by atoms with E-state index in [2.05, 4.69) is 16.0 Å². The van der Waals surface area contributed by atoms with Crippen molar-refractivity contribution in [1.29, 1.82) is 0 Å². The Morgan fingerprint density at radius 1 is 1.29 bits per heavy atom. The number of aromatic nitrogens is 1. The molecule has 4 nitrogen and oxygen atoms in total. The van der Waals surface area contributed by atoms with Crippen molar-refractivity contribution in [2.45, 2.75) is 26.0 Å². The second-order valence-corrected chi connectivity index (χ2v) is 5.07. The molecule has 0 fully saturated rings. The predicted molar refractivity (Wildman–Crippen MR) is 84.6 cm³/mol. The molecule has 21 heavy (non-hydrogen) atoms. The lowest BCUT2D eigenvalue weighted by Crippen LogP contribution is -2.16. The Morgan fingerprint density at radius 2 is 2.10 bits per heavy atom. The van der Waals surface area contributed by atoms with Gasteiger partial charge >= 0.3 is 0 Å². The van der Waals surface area contributed by atoms with Gasteiger partial charge in [-0.3, -0.25) is 4.98 Å². The molecular weight excluding hydrogens is 264 g/mol. The summed E-state index contributed by atoms with van der Waals surface area (Å²) in [5.41, 5.74) is 2.91. The Bertz CT molecular complexity index is 569. The highest BCUT2D eigenvalue weighted by molar-refractivity contribution is 5.45. The first-order valence-corrected chi connectivity index (χ1v) is 7.12. The Balaban J connectivity index is 2.07. The van der Waals surface area contributed by atoms with Gasteiger partial charge in [0.15, 0.2) is 0 Å². The summed E-state index contributed by atoms with van der Waals surface area (Å²) in [6.45, 7) is 2.71. The van der Waals surface area contributed by atoms with Gasteiger partial charge in [-0.05, 0) is 36.2 Å². The second kappa shape index (κ2) is 7.09. The van der Waals surface area contributed by atoms with E-state index in [-0.39, 0.29) is 0 Å². The highest BCUT2D eigenvalue weighted by atomic mass is 16.5. The minimum absolute atomic E-state index is 0.484. The molecule has 2 rings (SSSR count). The fraction of sp³-hybridized carbons (Fsp3) is 0.353. The van der Waals surface area contributed by atoms with Crippen molar-refractivity contribution >= 4 is 5.69 Å². The summed E-state index contributed by atoms with van der Waals surface area (Å²) in [5, 5.41) is 9.76. The highest BCUT2D eigenvalue weighted by Crippen LogP contribution is 2.20. The summed E-state index contributed by atoms with van der Waals surface area (Å²) in [7, 11) is 3.69. The average Bonchev–Trinajstić information content (AvgIpc) is 2.54. The van der Waals surface area contributed by atoms with Crippen LogP contribution in [0.5, 0.6) is 5.75 Å². The number of anilines is 1. The van der Waals surface area contributed by atoms with Crippen LogP contribution < -0.4 is 9.64 Å². The minimum Gasteiger partial charge on any atom is -0.497 e. The zero-order valence-corrected chi connectivity index (χ0v) is 12.8. The van der Waals surface area contributed by atoms with Gasteiger partial charge in [0.1, 0.15) is 5.75 Å². The van der Waals surface area contributed by atoms with Gasteiger partial charge in [0.25, 0.3) is 0 Å². The first-order chi connectivity index (χ1) is 10.1. The number of methoxy groups -OCH3 is 1. The normalized spacial score (nSPS) is 12.0. The zero-order chi connectivity index (χ0) is 15.2. The molecule has 0 aliphatic rings. The van der Waals surface area contributed by atoms with Crippen LogP contribution in [0.3, 0.4) is 0 Å². The summed E-state index contributed by atoms with van der Waals surface area (Å²) in [5.74, 6) is 0.862. The molecule has 0 aliphatic heterocycles. The maximum absolute atomic E-state index is 9.76. The maximum Gasteiger partial charge on any atom is 0.119 e. The molecule has 0 saturated heterocycles. The van der Waals surface area contributed by atoms with Gasteiger partial charge in [0.2, 0.25) is 0 Å². The van der Waals surface area contributed by atoms with Gasteiger partial charge < -0.3 is 14.7 Å². The van der Waals surface area contributed by atoms with Crippen LogP contribution in [0.2, 0.25) is 0 Å². The highest BCUT2D eigenvalue weighted by Gasteiger charge is 2.08. The first kappa shape index (κ1) is 15.3. The van der Waals surface area contributed by atoms with E-state index in [1.54, 1.807) is 13.3 Å². The van der Waals surface area contributed by atoms with Crippen molar-refractivity contribution in [3.05, 3.63) is 53.9 Å². The summed E-state index contributed by atoms with van der Waals surface area (Å²) in [4.78, 5) is 6.44. The summed E-state index contributed by atoms with van der Waals surface area (Å²) in [6.07, 6.45) is 1.99. The Kier molecular flexibility index (Phi) is 5.17. The summed E-state index contributed by atoms with van der Waals surface area (Å²) in [6, 6.07) is 11.9. The van der Waals surface area contributed by atoms with Gasteiger partial charge in [-0.2, -0.15) is 0 Å². The predicted octanol–water partition coefficient (Wildman–Crippen LogP) is 3.17. The molecule has 1 N–H and O–H groups in total. The number of rotatable bonds is 6. The van der Waals surface area contributed by atoms with Crippen molar-refractivity contribution in [2.24, 2.45) is 0 Å². The van der Waals surface area contributed by atoms with E-state index in [9.17, 15) is 5.11 Å². The van der Waals surface area contributed by atoms with E-state index in [0.717, 1.165) is 23.7 Å². The molecule has 0 spiro atoms. The third kappa shape index (κ3) is 3.95. The number of aliphatic hydroxyl groups is 1. The van der Waals surface area contributed by atoms with Crippen LogP contribution >= 0.6 is 0 Å². The van der Waals surface area contributed by atoms with Crippen LogP contribution in [0.25, 0.3) is 0 Å². The molecule has 0 bridgehead atoms. The standard InChI is InChI=1S/C17H22N2O2/c1-4-17(20)16-9-8-14(11-18-16)19(2)12-13-6-5-7-15(10-13)21-3/h5-11,17,20H,4,12H2,1-3H3/t17-/m0/s1. The van der Waals surface area contributed by atoms with E-state index in [1.807, 2.05) is 44.3 Å².